The number of likely N-dealkylation sites (tertiary alicyclic amines) is 2. The molecule has 2 aromatic rings. The van der Waals surface area contributed by atoms with Crippen molar-refractivity contribution in [3.63, 3.8) is 0 Å². The first-order chi connectivity index (χ1) is 12.2. The zero-order valence-corrected chi connectivity index (χ0v) is 15.0. The van der Waals surface area contributed by atoms with E-state index in [-0.39, 0.29) is 17.2 Å². The predicted molar refractivity (Wildman–Crippen MR) is 98.2 cm³/mol. The Morgan fingerprint density at radius 2 is 2.20 bits per heavy atom. The largest absolute Gasteiger partial charge is 0.338 e. The molecule has 1 amide bonds. The fourth-order valence-electron chi connectivity index (χ4n) is 4.25. The van der Waals surface area contributed by atoms with Crippen LogP contribution in [0.2, 0.25) is 0 Å². The van der Waals surface area contributed by atoms with Crippen LogP contribution in [0.5, 0.6) is 0 Å². The van der Waals surface area contributed by atoms with Gasteiger partial charge >= 0.3 is 0 Å². The normalized spacial score (nSPS) is 26.6. The number of hydrogen-bond donors (Lipinski definition) is 0. The van der Waals surface area contributed by atoms with Crippen LogP contribution < -0.4 is 0 Å². The lowest BCUT2D eigenvalue weighted by atomic mass is 9.77. The molecule has 0 unspecified atom stereocenters. The quantitative estimate of drug-likeness (QED) is 0.774. The Kier molecular flexibility index (Phi) is 4.39. The van der Waals surface area contributed by atoms with Crippen LogP contribution in [0.1, 0.15) is 22.9 Å². The minimum atomic E-state index is -0.339. The van der Waals surface area contributed by atoms with Gasteiger partial charge in [-0.25, -0.2) is 4.98 Å². The highest BCUT2D eigenvalue weighted by molar-refractivity contribution is 7.09. The molecule has 0 saturated carbocycles. The first kappa shape index (κ1) is 16.4. The van der Waals surface area contributed by atoms with Crippen molar-refractivity contribution in [3.8, 4) is 0 Å². The van der Waals surface area contributed by atoms with E-state index in [0.717, 1.165) is 37.6 Å². The van der Waals surface area contributed by atoms with E-state index in [9.17, 15) is 4.79 Å². The summed E-state index contributed by atoms with van der Waals surface area (Å²) in [6.07, 6.45) is 8.22. The minimum absolute atomic E-state index is 0.177. The summed E-state index contributed by atoms with van der Waals surface area (Å²) in [5.41, 5.74) is 0.895. The van der Waals surface area contributed by atoms with Gasteiger partial charge < -0.3 is 4.90 Å². The van der Waals surface area contributed by atoms with E-state index in [0.29, 0.717) is 6.54 Å². The Bertz CT molecular complexity index is 748. The highest BCUT2D eigenvalue weighted by Crippen LogP contribution is 2.50. The SMILES string of the molecule is C=CCN1CC[C@]2(CN(Cc3ccncc3)C[C@H]2c2nccs2)C1=O. The molecule has 4 heterocycles. The molecular weight excluding hydrogens is 332 g/mol. The molecule has 0 N–H and O–H groups in total. The number of hydrogen-bond acceptors (Lipinski definition) is 5. The highest BCUT2D eigenvalue weighted by Gasteiger charge is 2.57. The lowest BCUT2D eigenvalue weighted by molar-refractivity contribution is -0.135. The fourth-order valence-corrected chi connectivity index (χ4v) is 5.10. The van der Waals surface area contributed by atoms with Crippen LogP contribution in [0.3, 0.4) is 0 Å². The van der Waals surface area contributed by atoms with Gasteiger partial charge in [0.05, 0.1) is 10.4 Å². The molecule has 2 saturated heterocycles. The van der Waals surface area contributed by atoms with Gasteiger partial charge in [0.1, 0.15) is 0 Å². The molecule has 0 aliphatic carbocycles. The molecule has 25 heavy (non-hydrogen) atoms. The maximum atomic E-state index is 13.2. The van der Waals surface area contributed by atoms with Gasteiger partial charge in [-0.1, -0.05) is 6.08 Å². The molecule has 6 heteroatoms. The maximum absolute atomic E-state index is 13.2. The number of thiazole rings is 1. The minimum Gasteiger partial charge on any atom is -0.338 e. The van der Waals surface area contributed by atoms with E-state index in [1.165, 1.54) is 5.56 Å². The molecule has 1 spiro atoms. The van der Waals surface area contributed by atoms with E-state index in [2.05, 4.69) is 21.4 Å². The molecule has 4 rings (SSSR count). The Morgan fingerprint density at radius 1 is 1.36 bits per heavy atom. The van der Waals surface area contributed by atoms with E-state index in [1.54, 1.807) is 11.3 Å². The molecule has 2 aliphatic rings. The Morgan fingerprint density at radius 3 is 2.92 bits per heavy atom. The zero-order chi connectivity index (χ0) is 17.3. The third-order valence-electron chi connectivity index (χ3n) is 5.41. The number of nitrogens with zero attached hydrogens (tertiary/aromatic N) is 4. The predicted octanol–water partition coefficient (Wildman–Crippen LogP) is 2.54. The number of carbonyl (C=O) groups is 1. The summed E-state index contributed by atoms with van der Waals surface area (Å²) in [7, 11) is 0. The number of amides is 1. The second-order valence-corrected chi connectivity index (χ2v) is 7.82. The average molecular weight is 354 g/mol. The third kappa shape index (κ3) is 2.89. The number of carbonyl (C=O) groups excluding carboxylic acids is 1. The summed E-state index contributed by atoms with van der Waals surface area (Å²) in [5, 5.41) is 3.10. The second kappa shape index (κ2) is 6.69. The van der Waals surface area contributed by atoms with Crippen LogP contribution in [0.4, 0.5) is 0 Å². The third-order valence-corrected chi connectivity index (χ3v) is 6.30. The van der Waals surface area contributed by atoms with Crippen molar-refractivity contribution < 1.29 is 4.79 Å². The Hall–Kier alpha value is -2.05. The van der Waals surface area contributed by atoms with Gasteiger partial charge in [0.25, 0.3) is 0 Å². The summed E-state index contributed by atoms with van der Waals surface area (Å²) in [6, 6.07) is 4.09. The standard InChI is InChI=1S/C19H22N4OS/c1-2-9-23-10-5-19(18(23)24)14-22(12-15-3-6-20-7-4-15)13-16(19)17-21-8-11-25-17/h2-4,6-8,11,16H,1,5,9-10,12-14H2/t16-,19+/m0/s1. The molecule has 2 atom stereocenters. The van der Waals surface area contributed by atoms with Gasteiger partial charge in [-0.3, -0.25) is 14.7 Å². The molecule has 0 aromatic carbocycles. The van der Waals surface area contributed by atoms with Crippen molar-refractivity contribution in [2.24, 2.45) is 5.41 Å². The summed E-state index contributed by atoms with van der Waals surface area (Å²) in [4.78, 5) is 26.2. The maximum Gasteiger partial charge on any atom is 0.231 e. The van der Waals surface area contributed by atoms with Gasteiger partial charge in [-0.2, -0.15) is 0 Å². The van der Waals surface area contributed by atoms with Crippen LogP contribution in [0.25, 0.3) is 0 Å². The van der Waals surface area contributed by atoms with Crippen LogP contribution in [0, 0.1) is 5.41 Å². The molecule has 0 bridgehead atoms. The van der Waals surface area contributed by atoms with Crippen molar-refractivity contribution >= 4 is 17.2 Å². The van der Waals surface area contributed by atoms with Crippen LogP contribution in [-0.4, -0.2) is 51.9 Å². The molecule has 130 valence electrons. The first-order valence-electron chi connectivity index (χ1n) is 8.64. The van der Waals surface area contributed by atoms with E-state index in [1.807, 2.05) is 47.1 Å². The van der Waals surface area contributed by atoms with E-state index >= 15 is 0 Å². The Labute approximate surface area is 152 Å². The highest BCUT2D eigenvalue weighted by atomic mass is 32.1. The van der Waals surface area contributed by atoms with E-state index < -0.39 is 0 Å². The van der Waals surface area contributed by atoms with Crippen molar-refractivity contribution in [1.29, 1.82) is 0 Å². The Balaban J connectivity index is 1.62. The van der Waals surface area contributed by atoms with Crippen molar-refractivity contribution in [3.05, 3.63) is 59.3 Å². The van der Waals surface area contributed by atoms with Crippen LogP contribution in [-0.2, 0) is 11.3 Å². The van der Waals surface area contributed by atoms with Crippen molar-refractivity contribution in [2.45, 2.75) is 18.9 Å². The molecule has 2 aromatic heterocycles. The first-order valence-corrected chi connectivity index (χ1v) is 9.52. The van der Waals surface area contributed by atoms with Crippen molar-refractivity contribution in [2.75, 3.05) is 26.2 Å². The van der Waals surface area contributed by atoms with Gasteiger partial charge in [0.15, 0.2) is 0 Å². The summed E-state index contributed by atoms with van der Waals surface area (Å²) < 4.78 is 0. The molecular formula is C19H22N4OS. The summed E-state index contributed by atoms with van der Waals surface area (Å²) in [6.45, 7) is 7.77. The topological polar surface area (TPSA) is 49.3 Å². The van der Waals surface area contributed by atoms with Gasteiger partial charge in [-0.05, 0) is 24.1 Å². The zero-order valence-electron chi connectivity index (χ0n) is 14.2. The number of rotatable bonds is 5. The van der Waals surface area contributed by atoms with Crippen LogP contribution in [0.15, 0.2) is 48.8 Å². The van der Waals surface area contributed by atoms with Gasteiger partial charge in [-0.15, -0.1) is 17.9 Å². The lowest BCUT2D eigenvalue weighted by Gasteiger charge is -2.27. The van der Waals surface area contributed by atoms with Gasteiger partial charge in [0, 0.05) is 62.6 Å². The lowest BCUT2D eigenvalue weighted by Crippen LogP contribution is -2.39. The summed E-state index contributed by atoms with van der Waals surface area (Å²) in [5.74, 6) is 0.446. The van der Waals surface area contributed by atoms with Gasteiger partial charge in [0.2, 0.25) is 5.91 Å². The van der Waals surface area contributed by atoms with E-state index in [4.69, 9.17) is 0 Å². The summed E-state index contributed by atoms with van der Waals surface area (Å²) >= 11 is 1.67. The number of pyridine rings is 1. The fraction of sp³-hybridized carbons (Fsp3) is 0.421. The molecule has 2 fully saturated rings. The monoisotopic (exact) mass is 354 g/mol. The molecule has 5 nitrogen and oxygen atoms in total. The second-order valence-electron chi connectivity index (χ2n) is 6.89. The van der Waals surface area contributed by atoms with Crippen LogP contribution >= 0.6 is 11.3 Å². The molecule has 0 radical (unpaired) electrons. The number of aromatic nitrogens is 2. The average Bonchev–Trinajstić information content (AvgIpc) is 3.33. The smallest absolute Gasteiger partial charge is 0.231 e. The van der Waals surface area contributed by atoms with Crippen molar-refractivity contribution in [1.82, 2.24) is 19.8 Å². The molecule has 2 aliphatic heterocycles.